The van der Waals surface area contributed by atoms with E-state index in [-0.39, 0.29) is 0 Å². The summed E-state index contributed by atoms with van der Waals surface area (Å²) in [5.41, 5.74) is 0. The molecule has 0 aromatic rings. The summed E-state index contributed by atoms with van der Waals surface area (Å²) in [7, 11) is 0. The zero-order valence-corrected chi connectivity index (χ0v) is 6.97. The van der Waals surface area contributed by atoms with Crippen molar-refractivity contribution < 1.29 is 0 Å². The molecule has 0 nitrogen and oxygen atoms in total. The molecule has 1 aliphatic rings. The van der Waals surface area contributed by atoms with Crippen molar-refractivity contribution in [2.75, 3.05) is 0 Å². The van der Waals surface area contributed by atoms with Crippen molar-refractivity contribution in [3.63, 3.8) is 0 Å². The van der Waals surface area contributed by atoms with Crippen LogP contribution in [0.2, 0.25) is 0 Å². The second-order valence-electron chi connectivity index (χ2n) is 3.53. The predicted octanol–water partition coefficient (Wildman–Crippen LogP) is 3.39. The Kier molecular flexibility index (Phi) is 2.98. The van der Waals surface area contributed by atoms with Crippen molar-refractivity contribution in [2.45, 2.75) is 39.0 Å². The Morgan fingerprint density at radius 2 is 2.30 bits per heavy atom. The fourth-order valence-corrected chi connectivity index (χ4v) is 1.69. The molecule has 0 aliphatic heterocycles. The highest BCUT2D eigenvalue weighted by Crippen LogP contribution is 2.37. The summed E-state index contributed by atoms with van der Waals surface area (Å²) in [5, 5.41) is 0. The Balaban J connectivity index is 1.97. The SMILES string of the molecule is C=CCCCC1CCC1C. The maximum absolute atomic E-state index is 3.72. The summed E-state index contributed by atoms with van der Waals surface area (Å²) in [5.74, 6) is 2.07. The van der Waals surface area contributed by atoms with Crippen LogP contribution in [0.3, 0.4) is 0 Å². The molecule has 1 saturated carbocycles. The second-order valence-corrected chi connectivity index (χ2v) is 3.53. The highest BCUT2D eigenvalue weighted by atomic mass is 14.3. The smallest absolute Gasteiger partial charge is 0.0353 e. The van der Waals surface area contributed by atoms with Gasteiger partial charge in [-0.3, -0.25) is 0 Å². The van der Waals surface area contributed by atoms with E-state index in [1.807, 2.05) is 6.08 Å². The van der Waals surface area contributed by atoms with E-state index < -0.39 is 0 Å². The molecule has 0 bridgehead atoms. The van der Waals surface area contributed by atoms with Crippen molar-refractivity contribution in [1.29, 1.82) is 0 Å². The number of allylic oxidation sites excluding steroid dienone is 1. The molecule has 0 heterocycles. The predicted molar refractivity (Wildman–Crippen MR) is 45.9 cm³/mol. The molecule has 58 valence electrons. The summed E-state index contributed by atoms with van der Waals surface area (Å²) in [6.45, 7) is 6.10. The largest absolute Gasteiger partial charge is 0.103 e. The first kappa shape index (κ1) is 7.84. The standard InChI is InChI=1S/C10H18/c1-3-4-5-6-10-8-7-9(10)2/h3,9-10H,1,4-8H2,2H3. The third-order valence-corrected chi connectivity index (χ3v) is 2.78. The monoisotopic (exact) mass is 138 g/mol. The van der Waals surface area contributed by atoms with Gasteiger partial charge in [-0.1, -0.05) is 19.4 Å². The molecule has 2 unspecified atom stereocenters. The van der Waals surface area contributed by atoms with Crippen LogP contribution in [0.1, 0.15) is 39.0 Å². The maximum Gasteiger partial charge on any atom is -0.0353 e. The van der Waals surface area contributed by atoms with Crippen LogP contribution in [0.4, 0.5) is 0 Å². The molecule has 1 aliphatic carbocycles. The summed E-state index contributed by atoms with van der Waals surface area (Å²) in [6.07, 6.45) is 9.00. The van der Waals surface area contributed by atoms with Crippen LogP contribution in [0.25, 0.3) is 0 Å². The molecule has 0 heteroatoms. The van der Waals surface area contributed by atoms with Gasteiger partial charge in [0.05, 0.1) is 0 Å². The first-order valence-corrected chi connectivity index (χ1v) is 4.45. The van der Waals surface area contributed by atoms with E-state index in [2.05, 4.69) is 13.5 Å². The van der Waals surface area contributed by atoms with Crippen LogP contribution in [-0.2, 0) is 0 Å². The first-order chi connectivity index (χ1) is 4.84. The molecule has 0 spiro atoms. The van der Waals surface area contributed by atoms with Crippen LogP contribution in [0, 0.1) is 11.8 Å². The quantitative estimate of drug-likeness (QED) is 0.412. The van der Waals surface area contributed by atoms with Gasteiger partial charge in [-0.15, -0.1) is 6.58 Å². The van der Waals surface area contributed by atoms with Crippen LogP contribution in [-0.4, -0.2) is 0 Å². The lowest BCUT2D eigenvalue weighted by Gasteiger charge is -2.33. The highest BCUT2D eigenvalue weighted by Gasteiger charge is 2.25. The highest BCUT2D eigenvalue weighted by molar-refractivity contribution is 4.78. The Bertz CT molecular complexity index is 105. The van der Waals surface area contributed by atoms with Crippen molar-refractivity contribution in [3.8, 4) is 0 Å². The van der Waals surface area contributed by atoms with Gasteiger partial charge in [0.25, 0.3) is 0 Å². The molecule has 0 amide bonds. The molecule has 2 atom stereocenters. The Hall–Kier alpha value is -0.260. The summed E-state index contributed by atoms with van der Waals surface area (Å²) >= 11 is 0. The third kappa shape index (κ3) is 1.86. The molecule has 1 fully saturated rings. The number of hydrogen-bond acceptors (Lipinski definition) is 0. The van der Waals surface area contributed by atoms with Crippen LogP contribution >= 0.6 is 0 Å². The first-order valence-electron chi connectivity index (χ1n) is 4.45. The molecular weight excluding hydrogens is 120 g/mol. The number of unbranched alkanes of at least 4 members (excludes halogenated alkanes) is 1. The maximum atomic E-state index is 3.72. The van der Waals surface area contributed by atoms with E-state index in [4.69, 9.17) is 0 Å². The van der Waals surface area contributed by atoms with E-state index in [0.29, 0.717) is 0 Å². The normalized spacial score (nSPS) is 31.3. The zero-order valence-electron chi connectivity index (χ0n) is 6.97. The molecular formula is C10H18. The van der Waals surface area contributed by atoms with Gasteiger partial charge in [0.1, 0.15) is 0 Å². The fourth-order valence-electron chi connectivity index (χ4n) is 1.69. The van der Waals surface area contributed by atoms with Gasteiger partial charge in [0.2, 0.25) is 0 Å². The van der Waals surface area contributed by atoms with Gasteiger partial charge in [-0.25, -0.2) is 0 Å². The number of rotatable bonds is 4. The summed E-state index contributed by atoms with van der Waals surface area (Å²) in [6, 6.07) is 0. The minimum atomic E-state index is 1.02. The van der Waals surface area contributed by atoms with E-state index in [1.54, 1.807) is 0 Å². The average Bonchev–Trinajstić information content (AvgIpc) is 1.95. The topological polar surface area (TPSA) is 0 Å². The van der Waals surface area contributed by atoms with Crippen LogP contribution < -0.4 is 0 Å². The van der Waals surface area contributed by atoms with Gasteiger partial charge < -0.3 is 0 Å². The van der Waals surface area contributed by atoms with E-state index >= 15 is 0 Å². The lowest BCUT2D eigenvalue weighted by Crippen LogP contribution is -2.22. The molecule has 10 heavy (non-hydrogen) atoms. The van der Waals surface area contributed by atoms with Gasteiger partial charge in [0, 0.05) is 0 Å². The lowest BCUT2D eigenvalue weighted by molar-refractivity contribution is 0.180. The molecule has 0 N–H and O–H groups in total. The Morgan fingerprint density at radius 3 is 2.70 bits per heavy atom. The van der Waals surface area contributed by atoms with Crippen molar-refractivity contribution >= 4 is 0 Å². The third-order valence-electron chi connectivity index (χ3n) is 2.78. The molecule has 0 aromatic heterocycles. The summed E-state index contributed by atoms with van der Waals surface area (Å²) < 4.78 is 0. The van der Waals surface area contributed by atoms with E-state index in [1.165, 1.54) is 32.1 Å². The van der Waals surface area contributed by atoms with Crippen LogP contribution in [0.15, 0.2) is 12.7 Å². The average molecular weight is 138 g/mol. The minimum absolute atomic E-state index is 1.02. The van der Waals surface area contributed by atoms with Gasteiger partial charge in [-0.2, -0.15) is 0 Å². The second kappa shape index (κ2) is 3.80. The molecule has 0 saturated heterocycles. The Morgan fingerprint density at radius 1 is 1.50 bits per heavy atom. The van der Waals surface area contributed by atoms with Crippen LogP contribution in [0.5, 0.6) is 0 Å². The molecule has 0 radical (unpaired) electrons. The van der Waals surface area contributed by atoms with Gasteiger partial charge in [0.15, 0.2) is 0 Å². The molecule has 0 aromatic carbocycles. The van der Waals surface area contributed by atoms with Crippen molar-refractivity contribution in [3.05, 3.63) is 12.7 Å². The summed E-state index contributed by atoms with van der Waals surface area (Å²) in [4.78, 5) is 0. The Labute approximate surface area is 64.3 Å². The lowest BCUT2D eigenvalue weighted by atomic mass is 9.72. The van der Waals surface area contributed by atoms with E-state index in [0.717, 1.165) is 11.8 Å². The van der Waals surface area contributed by atoms with Crippen molar-refractivity contribution in [2.24, 2.45) is 11.8 Å². The van der Waals surface area contributed by atoms with E-state index in [9.17, 15) is 0 Å². The van der Waals surface area contributed by atoms with Gasteiger partial charge in [-0.05, 0) is 37.5 Å². The van der Waals surface area contributed by atoms with Crippen molar-refractivity contribution in [1.82, 2.24) is 0 Å². The zero-order chi connectivity index (χ0) is 7.40. The fraction of sp³-hybridized carbons (Fsp3) is 0.800. The number of hydrogen-bond donors (Lipinski definition) is 0. The molecule has 1 rings (SSSR count). The minimum Gasteiger partial charge on any atom is -0.103 e. The van der Waals surface area contributed by atoms with Gasteiger partial charge >= 0.3 is 0 Å².